The van der Waals surface area contributed by atoms with Crippen molar-refractivity contribution in [3.8, 4) is 0 Å². The van der Waals surface area contributed by atoms with Gasteiger partial charge >= 0.3 is 5.97 Å². The van der Waals surface area contributed by atoms with E-state index in [1.165, 1.54) is 23.1 Å². The monoisotopic (exact) mass is 371 g/mol. The van der Waals surface area contributed by atoms with Crippen LogP contribution in [0.25, 0.3) is 0 Å². The summed E-state index contributed by atoms with van der Waals surface area (Å²) in [5.74, 6) is -2.25. The average molecular weight is 372 g/mol. The summed E-state index contributed by atoms with van der Waals surface area (Å²) in [6, 6.07) is 4.16. The van der Waals surface area contributed by atoms with Gasteiger partial charge in [-0.2, -0.15) is 0 Å². The predicted octanol–water partition coefficient (Wildman–Crippen LogP) is 2.15. The summed E-state index contributed by atoms with van der Waals surface area (Å²) in [6.45, 7) is 1.06. The second-order valence-electron chi connectivity index (χ2n) is 5.79. The van der Waals surface area contributed by atoms with Crippen molar-refractivity contribution in [1.29, 1.82) is 0 Å². The zero-order chi connectivity index (χ0) is 15.9. The van der Waals surface area contributed by atoms with E-state index in [1.807, 2.05) is 0 Å². The fraction of sp³-hybridized carbons (Fsp3) is 0.467. The molecule has 1 N–H and O–H groups in total. The number of aliphatic carboxylic acids is 1. The number of carboxylic acid groups (broad SMARTS) is 1. The van der Waals surface area contributed by atoms with E-state index < -0.39 is 23.1 Å². The molecule has 118 valence electrons. The summed E-state index contributed by atoms with van der Waals surface area (Å²) in [5.41, 5.74) is -1.02. The molecule has 0 spiro atoms. The van der Waals surface area contributed by atoms with Gasteiger partial charge in [0.1, 0.15) is 5.82 Å². The molecule has 2 aliphatic rings. The maximum absolute atomic E-state index is 13.9. The summed E-state index contributed by atoms with van der Waals surface area (Å²) in [6.07, 6.45) is 0.373. The Balaban J connectivity index is 1.89. The van der Waals surface area contributed by atoms with Crippen LogP contribution in [-0.2, 0) is 9.53 Å². The molecule has 1 aromatic rings. The Morgan fingerprint density at radius 3 is 2.91 bits per heavy atom. The molecule has 0 radical (unpaired) electrons. The van der Waals surface area contributed by atoms with Crippen LogP contribution < -0.4 is 0 Å². The normalized spacial score (nSPS) is 27.5. The first-order valence-electron chi connectivity index (χ1n) is 6.99. The van der Waals surface area contributed by atoms with Crippen LogP contribution in [0.2, 0.25) is 0 Å². The number of likely N-dealkylation sites (tertiary alicyclic amines) is 1. The van der Waals surface area contributed by atoms with E-state index in [2.05, 4.69) is 15.9 Å². The third kappa shape index (κ3) is 2.42. The number of benzene rings is 1. The van der Waals surface area contributed by atoms with E-state index in [9.17, 15) is 19.1 Å². The number of carbonyl (C=O) groups is 2. The first kappa shape index (κ1) is 15.4. The molecule has 0 aliphatic carbocycles. The largest absolute Gasteiger partial charge is 0.481 e. The van der Waals surface area contributed by atoms with Gasteiger partial charge in [0.25, 0.3) is 5.91 Å². The molecule has 0 bridgehead atoms. The molecule has 2 aliphatic heterocycles. The van der Waals surface area contributed by atoms with Crippen molar-refractivity contribution in [2.45, 2.75) is 6.42 Å². The van der Waals surface area contributed by atoms with E-state index in [0.717, 1.165) is 0 Å². The second kappa shape index (κ2) is 5.62. The van der Waals surface area contributed by atoms with Gasteiger partial charge in [-0.3, -0.25) is 9.59 Å². The third-order valence-corrected chi connectivity index (χ3v) is 5.07. The van der Waals surface area contributed by atoms with E-state index in [4.69, 9.17) is 4.74 Å². The fourth-order valence-corrected chi connectivity index (χ4v) is 3.65. The lowest BCUT2D eigenvalue weighted by Gasteiger charge is -2.33. The molecular weight excluding hydrogens is 357 g/mol. The molecule has 0 saturated carbocycles. The van der Waals surface area contributed by atoms with Crippen LogP contribution in [0.1, 0.15) is 16.8 Å². The van der Waals surface area contributed by atoms with Crippen molar-refractivity contribution in [2.75, 3.05) is 26.3 Å². The molecule has 1 aromatic carbocycles. The van der Waals surface area contributed by atoms with Gasteiger partial charge in [0.15, 0.2) is 0 Å². The molecule has 2 heterocycles. The van der Waals surface area contributed by atoms with Crippen LogP contribution in [0.5, 0.6) is 0 Å². The molecule has 1 amide bonds. The average Bonchev–Trinajstić information content (AvgIpc) is 2.90. The molecular formula is C15H15BrFNO4. The van der Waals surface area contributed by atoms with Gasteiger partial charge in [0.05, 0.1) is 17.6 Å². The lowest BCUT2D eigenvalue weighted by molar-refractivity contribution is -0.157. The van der Waals surface area contributed by atoms with Crippen molar-refractivity contribution in [1.82, 2.24) is 4.90 Å². The molecule has 0 aromatic heterocycles. The number of hydrogen-bond donors (Lipinski definition) is 1. The Kier molecular flexibility index (Phi) is 3.94. The Morgan fingerprint density at radius 2 is 2.23 bits per heavy atom. The van der Waals surface area contributed by atoms with Crippen LogP contribution in [0.15, 0.2) is 22.7 Å². The number of nitrogens with zero attached hydrogens (tertiary/aromatic N) is 1. The standard InChI is InChI=1S/C15H15BrFNO4/c16-10-1-2-12(17)11(5-10)13(19)18-6-9-7-22-4-3-15(9,8-18)14(20)21/h1-2,5,9H,3-4,6-8H2,(H,20,21)/t9-,15+/m0/s1. The molecule has 2 fully saturated rings. The molecule has 5 nitrogen and oxygen atoms in total. The van der Waals surface area contributed by atoms with Gasteiger partial charge in [0.2, 0.25) is 0 Å². The minimum Gasteiger partial charge on any atom is -0.481 e. The zero-order valence-corrected chi connectivity index (χ0v) is 13.3. The Labute approximate surface area is 135 Å². The summed E-state index contributed by atoms with van der Waals surface area (Å²) in [7, 11) is 0. The van der Waals surface area contributed by atoms with Crippen molar-refractivity contribution >= 4 is 27.8 Å². The van der Waals surface area contributed by atoms with Gasteiger partial charge in [0, 0.05) is 30.1 Å². The smallest absolute Gasteiger partial charge is 0.311 e. The van der Waals surface area contributed by atoms with Gasteiger partial charge < -0.3 is 14.7 Å². The van der Waals surface area contributed by atoms with E-state index in [0.29, 0.717) is 24.1 Å². The molecule has 2 atom stereocenters. The van der Waals surface area contributed by atoms with E-state index >= 15 is 0 Å². The molecule has 3 rings (SSSR count). The maximum Gasteiger partial charge on any atom is 0.311 e. The topological polar surface area (TPSA) is 66.8 Å². The highest BCUT2D eigenvalue weighted by Crippen LogP contribution is 2.43. The first-order valence-corrected chi connectivity index (χ1v) is 7.79. The van der Waals surface area contributed by atoms with Gasteiger partial charge in [-0.25, -0.2) is 4.39 Å². The number of carbonyl (C=O) groups excluding carboxylic acids is 1. The number of carboxylic acids is 1. The van der Waals surface area contributed by atoms with Gasteiger partial charge in [-0.1, -0.05) is 15.9 Å². The summed E-state index contributed by atoms with van der Waals surface area (Å²) in [5, 5.41) is 9.59. The Hall–Kier alpha value is -1.47. The van der Waals surface area contributed by atoms with Crippen LogP contribution in [-0.4, -0.2) is 48.2 Å². The van der Waals surface area contributed by atoms with Crippen molar-refractivity contribution in [3.05, 3.63) is 34.1 Å². The lowest BCUT2D eigenvalue weighted by Crippen LogP contribution is -2.45. The fourth-order valence-electron chi connectivity index (χ4n) is 3.29. The highest BCUT2D eigenvalue weighted by atomic mass is 79.9. The van der Waals surface area contributed by atoms with Crippen molar-refractivity contribution < 1.29 is 23.8 Å². The molecule has 0 unspecified atom stereocenters. The Bertz CT molecular complexity index is 638. The predicted molar refractivity (Wildman–Crippen MR) is 79.0 cm³/mol. The first-order chi connectivity index (χ1) is 10.4. The third-order valence-electron chi connectivity index (χ3n) is 4.58. The van der Waals surface area contributed by atoms with Crippen molar-refractivity contribution in [3.63, 3.8) is 0 Å². The summed E-state index contributed by atoms with van der Waals surface area (Å²) < 4.78 is 19.8. The minimum atomic E-state index is -0.976. The van der Waals surface area contributed by atoms with Crippen molar-refractivity contribution in [2.24, 2.45) is 11.3 Å². The molecule has 2 saturated heterocycles. The lowest BCUT2D eigenvalue weighted by atomic mass is 9.74. The number of fused-ring (bicyclic) bond motifs is 1. The number of hydrogen-bond acceptors (Lipinski definition) is 3. The van der Waals surface area contributed by atoms with Crippen LogP contribution in [0.4, 0.5) is 4.39 Å². The number of amides is 1. The maximum atomic E-state index is 13.9. The van der Waals surface area contributed by atoms with E-state index in [1.54, 1.807) is 0 Å². The van der Waals surface area contributed by atoms with Crippen LogP contribution in [0, 0.1) is 17.2 Å². The number of halogens is 2. The quantitative estimate of drug-likeness (QED) is 0.864. The molecule has 22 heavy (non-hydrogen) atoms. The highest BCUT2D eigenvalue weighted by molar-refractivity contribution is 9.10. The summed E-state index contributed by atoms with van der Waals surface area (Å²) in [4.78, 5) is 25.7. The van der Waals surface area contributed by atoms with Gasteiger partial charge in [-0.15, -0.1) is 0 Å². The summed E-state index contributed by atoms with van der Waals surface area (Å²) >= 11 is 3.22. The Morgan fingerprint density at radius 1 is 1.45 bits per heavy atom. The molecule has 7 heteroatoms. The number of ether oxygens (including phenoxy) is 1. The zero-order valence-electron chi connectivity index (χ0n) is 11.7. The van der Waals surface area contributed by atoms with Crippen LogP contribution >= 0.6 is 15.9 Å². The van der Waals surface area contributed by atoms with Gasteiger partial charge in [-0.05, 0) is 24.6 Å². The van der Waals surface area contributed by atoms with E-state index in [-0.39, 0.29) is 24.6 Å². The van der Waals surface area contributed by atoms with Crippen LogP contribution in [0.3, 0.4) is 0 Å². The minimum absolute atomic E-state index is 0.0468. The number of rotatable bonds is 2. The second-order valence-corrected chi connectivity index (χ2v) is 6.71. The SMILES string of the molecule is O=C(c1cc(Br)ccc1F)N1C[C@H]2COCC[C@@]2(C(=O)O)C1. The highest BCUT2D eigenvalue weighted by Gasteiger charge is 2.55.